The Labute approximate surface area is 241 Å². The molecule has 5 rings (SSSR count). The predicted octanol–water partition coefficient (Wildman–Crippen LogP) is 4.93. The van der Waals surface area contributed by atoms with Gasteiger partial charge in [-0.25, -0.2) is 8.42 Å². The van der Waals surface area contributed by atoms with Gasteiger partial charge in [0.1, 0.15) is 0 Å². The van der Waals surface area contributed by atoms with Crippen molar-refractivity contribution in [2.45, 2.75) is 38.4 Å². The number of aromatic nitrogens is 1. The highest BCUT2D eigenvalue weighted by Gasteiger charge is 2.34. The fourth-order valence-electron chi connectivity index (χ4n) is 5.20. The lowest BCUT2D eigenvalue weighted by Crippen LogP contribution is -2.35. The third-order valence-corrected chi connectivity index (χ3v) is 9.01. The molecule has 0 saturated carbocycles. The molecule has 0 spiro atoms. The van der Waals surface area contributed by atoms with Crippen LogP contribution in [0, 0.1) is 6.92 Å². The Morgan fingerprint density at radius 3 is 2.38 bits per heavy atom. The molecular formula is C29H30F3N5O4S. The first-order valence-corrected chi connectivity index (χ1v) is 14.9. The van der Waals surface area contributed by atoms with Crippen LogP contribution >= 0.6 is 0 Å². The van der Waals surface area contributed by atoms with Crippen LogP contribution in [-0.4, -0.2) is 61.2 Å². The minimum Gasteiger partial charge on any atom is -0.357 e. The number of amides is 2. The number of aromatic amines is 1. The number of anilines is 2. The van der Waals surface area contributed by atoms with Crippen LogP contribution in [0.25, 0.3) is 11.6 Å². The van der Waals surface area contributed by atoms with Gasteiger partial charge in [-0.1, -0.05) is 13.8 Å². The summed E-state index contributed by atoms with van der Waals surface area (Å²) in [5.74, 6) is -0.508. The molecule has 2 aromatic carbocycles. The molecule has 3 N–H and O–H groups in total. The average molecular weight is 602 g/mol. The highest BCUT2D eigenvalue weighted by Crippen LogP contribution is 2.37. The molecule has 2 amide bonds. The van der Waals surface area contributed by atoms with E-state index >= 15 is 0 Å². The summed E-state index contributed by atoms with van der Waals surface area (Å²) in [4.78, 5) is 33.2. The SMILES string of the molecule is CCN(CC)CCN1Cc2[nH]c(/C=C3\C(=O)Nc4ccc(S(=O)(=O)Nc5ccc(C(F)(F)F)cc5)cc43)c(C)c2C1=O. The predicted molar refractivity (Wildman–Crippen MR) is 153 cm³/mol. The summed E-state index contributed by atoms with van der Waals surface area (Å²) >= 11 is 0. The van der Waals surface area contributed by atoms with Crippen LogP contribution in [0.3, 0.4) is 0 Å². The van der Waals surface area contributed by atoms with E-state index < -0.39 is 27.7 Å². The minimum absolute atomic E-state index is 0.0409. The molecule has 3 aromatic rings. The number of carbonyl (C=O) groups excluding carboxylic acids is 2. The second kappa shape index (κ2) is 11.0. The Morgan fingerprint density at radius 1 is 1.07 bits per heavy atom. The smallest absolute Gasteiger partial charge is 0.357 e. The molecule has 0 bridgehead atoms. The van der Waals surface area contributed by atoms with Crippen molar-refractivity contribution < 1.29 is 31.2 Å². The maximum Gasteiger partial charge on any atom is 0.416 e. The van der Waals surface area contributed by atoms with E-state index in [1.165, 1.54) is 18.2 Å². The number of sulfonamides is 1. The molecule has 0 unspecified atom stereocenters. The number of benzene rings is 2. The van der Waals surface area contributed by atoms with Crippen LogP contribution in [0.4, 0.5) is 24.5 Å². The van der Waals surface area contributed by atoms with Crippen LogP contribution in [0.5, 0.6) is 0 Å². The van der Waals surface area contributed by atoms with Crippen molar-refractivity contribution in [3.63, 3.8) is 0 Å². The van der Waals surface area contributed by atoms with E-state index in [1.807, 2.05) is 0 Å². The maximum atomic E-state index is 13.2. The van der Waals surface area contributed by atoms with E-state index in [4.69, 9.17) is 0 Å². The molecule has 0 atom stereocenters. The lowest BCUT2D eigenvalue weighted by atomic mass is 10.0. The van der Waals surface area contributed by atoms with Crippen LogP contribution in [0.1, 0.15) is 52.3 Å². The van der Waals surface area contributed by atoms with E-state index in [0.29, 0.717) is 41.2 Å². The Hall–Kier alpha value is -4.10. The van der Waals surface area contributed by atoms with Crippen molar-refractivity contribution in [3.05, 3.63) is 76.1 Å². The molecule has 13 heteroatoms. The quantitative estimate of drug-likeness (QED) is 0.301. The fraction of sp³-hybridized carbons (Fsp3) is 0.310. The number of hydrogen-bond acceptors (Lipinski definition) is 5. The van der Waals surface area contributed by atoms with Crippen molar-refractivity contribution in [1.29, 1.82) is 0 Å². The van der Waals surface area contributed by atoms with Gasteiger partial charge in [-0.2, -0.15) is 13.2 Å². The van der Waals surface area contributed by atoms with Crippen LogP contribution < -0.4 is 10.0 Å². The van der Waals surface area contributed by atoms with Gasteiger partial charge in [0.15, 0.2) is 0 Å². The first-order valence-electron chi connectivity index (χ1n) is 13.4. The molecule has 1 aromatic heterocycles. The summed E-state index contributed by atoms with van der Waals surface area (Å²) < 4.78 is 67.0. The van der Waals surface area contributed by atoms with Crippen molar-refractivity contribution in [2.75, 3.05) is 36.2 Å². The molecule has 9 nitrogen and oxygen atoms in total. The second-order valence-corrected chi connectivity index (χ2v) is 11.9. The molecule has 0 fully saturated rings. The van der Waals surface area contributed by atoms with Gasteiger partial charge >= 0.3 is 6.18 Å². The second-order valence-electron chi connectivity index (χ2n) is 10.2. The number of carbonyl (C=O) groups is 2. The third-order valence-electron chi connectivity index (χ3n) is 7.63. The summed E-state index contributed by atoms with van der Waals surface area (Å²) in [5.41, 5.74) is 2.64. The first-order chi connectivity index (χ1) is 19.8. The zero-order valence-corrected chi connectivity index (χ0v) is 24.0. The zero-order valence-electron chi connectivity index (χ0n) is 23.2. The van der Waals surface area contributed by atoms with E-state index in [-0.39, 0.29) is 22.1 Å². The normalized spacial score (nSPS) is 15.9. The van der Waals surface area contributed by atoms with Gasteiger partial charge in [0.25, 0.3) is 21.8 Å². The van der Waals surface area contributed by atoms with E-state index in [0.717, 1.165) is 49.6 Å². The van der Waals surface area contributed by atoms with E-state index in [1.54, 1.807) is 17.9 Å². The lowest BCUT2D eigenvalue weighted by molar-refractivity contribution is -0.137. The fourth-order valence-corrected chi connectivity index (χ4v) is 6.28. The van der Waals surface area contributed by atoms with E-state index in [9.17, 15) is 31.2 Å². The average Bonchev–Trinajstić information content (AvgIpc) is 3.54. The number of hydrogen-bond donors (Lipinski definition) is 3. The highest BCUT2D eigenvalue weighted by molar-refractivity contribution is 7.92. The molecular weight excluding hydrogens is 571 g/mol. The number of H-pyrrole nitrogens is 1. The van der Waals surface area contributed by atoms with Crippen molar-refractivity contribution in [1.82, 2.24) is 14.8 Å². The Kier molecular flexibility index (Phi) is 7.66. The summed E-state index contributed by atoms with van der Waals surface area (Å²) in [7, 11) is -4.19. The third kappa shape index (κ3) is 5.53. The van der Waals surface area contributed by atoms with Crippen LogP contribution in [0.2, 0.25) is 0 Å². The van der Waals surface area contributed by atoms with Gasteiger partial charge in [0.05, 0.1) is 28.1 Å². The van der Waals surface area contributed by atoms with Gasteiger partial charge in [0.2, 0.25) is 0 Å². The highest BCUT2D eigenvalue weighted by atomic mass is 32.2. The van der Waals surface area contributed by atoms with Crippen molar-refractivity contribution in [3.8, 4) is 0 Å². The van der Waals surface area contributed by atoms with Gasteiger partial charge in [-0.05, 0) is 74.1 Å². The molecule has 2 aliphatic heterocycles. The first kappa shape index (κ1) is 29.4. The van der Waals surface area contributed by atoms with Gasteiger partial charge < -0.3 is 20.1 Å². The molecule has 3 heterocycles. The van der Waals surface area contributed by atoms with Crippen LogP contribution in [0.15, 0.2) is 47.4 Å². The molecule has 2 aliphatic rings. The van der Waals surface area contributed by atoms with Gasteiger partial charge in [-0.3, -0.25) is 14.3 Å². The number of fused-ring (bicyclic) bond motifs is 2. The molecule has 0 saturated heterocycles. The summed E-state index contributed by atoms with van der Waals surface area (Å²) in [6.45, 7) is 9.56. The van der Waals surface area contributed by atoms with Crippen molar-refractivity contribution >= 4 is 44.9 Å². The molecule has 0 radical (unpaired) electrons. The Bertz CT molecular complexity index is 1690. The summed E-state index contributed by atoms with van der Waals surface area (Å²) in [6.07, 6.45) is -2.95. The Balaban J connectivity index is 1.39. The standard InChI is InChI=1S/C29H30F3N5O4S/c1-4-36(5-2)12-13-37-16-25-26(28(37)39)17(3)24(33-25)15-22-21-14-20(10-11-23(21)34-27(22)38)42(40,41)35-19-8-6-18(7-9-19)29(30,31)32/h6-11,14-15,33,35H,4-5,12-13,16H2,1-3H3,(H,34,38)/b22-15-. The van der Waals surface area contributed by atoms with Gasteiger partial charge in [0, 0.05) is 41.4 Å². The molecule has 42 heavy (non-hydrogen) atoms. The molecule has 222 valence electrons. The number of nitrogens with zero attached hydrogens (tertiary/aromatic N) is 2. The summed E-state index contributed by atoms with van der Waals surface area (Å²) in [5, 5.41) is 2.72. The van der Waals surface area contributed by atoms with Crippen molar-refractivity contribution in [2.24, 2.45) is 0 Å². The van der Waals surface area contributed by atoms with Crippen LogP contribution in [-0.2, 0) is 27.5 Å². The molecule has 0 aliphatic carbocycles. The minimum atomic E-state index is -4.55. The largest absolute Gasteiger partial charge is 0.416 e. The maximum absolute atomic E-state index is 13.2. The number of likely N-dealkylation sites (N-methyl/N-ethyl adjacent to an activating group) is 1. The number of nitrogens with one attached hydrogen (secondary N) is 3. The summed E-state index contributed by atoms with van der Waals surface area (Å²) in [6, 6.07) is 7.72. The number of alkyl halides is 3. The number of rotatable bonds is 9. The van der Waals surface area contributed by atoms with E-state index in [2.05, 4.69) is 33.8 Å². The topological polar surface area (TPSA) is 115 Å². The Morgan fingerprint density at radius 2 is 1.76 bits per heavy atom. The zero-order chi connectivity index (χ0) is 30.4. The lowest BCUT2D eigenvalue weighted by Gasteiger charge is -2.22. The monoisotopic (exact) mass is 601 g/mol. The number of halogens is 3. The van der Waals surface area contributed by atoms with Gasteiger partial charge in [-0.15, -0.1) is 0 Å².